The number of aromatic hydroxyl groups is 1. The highest BCUT2D eigenvalue weighted by Gasteiger charge is 2.14. The number of phenolic OH excluding ortho intramolecular Hbond substituents is 1. The van der Waals surface area contributed by atoms with Gasteiger partial charge in [0.15, 0.2) is 0 Å². The van der Waals surface area contributed by atoms with E-state index in [1.54, 1.807) is 0 Å². The third kappa shape index (κ3) is 4.87. The lowest BCUT2D eigenvalue weighted by atomic mass is 10.00. The molecule has 5 heteroatoms. The van der Waals surface area contributed by atoms with Gasteiger partial charge in [-0.3, -0.25) is 4.79 Å². The van der Waals surface area contributed by atoms with Gasteiger partial charge in [-0.2, -0.15) is 0 Å². The van der Waals surface area contributed by atoms with Crippen LogP contribution in [0, 0.1) is 11.7 Å². The molecule has 3 N–H and O–H groups in total. The van der Waals surface area contributed by atoms with Crippen molar-refractivity contribution in [1.82, 2.24) is 5.32 Å². The van der Waals surface area contributed by atoms with E-state index in [4.69, 9.17) is 5.11 Å². The minimum absolute atomic E-state index is 0.0701. The number of aliphatic hydroxyl groups is 1. The molecule has 0 saturated carbocycles. The van der Waals surface area contributed by atoms with Gasteiger partial charge in [-0.1, -0.05) is 13.3 Å². The molecule has 0 aliphatic carbocycles. The molecular formula is C14H20FNO3. The SMILES string of the molecule is CCCC(CCO)CNC(=O)c1cc(F)ccc1O. The molecule has 1 amide bonds. The molecule has 1 atom stereocenters. The Morgan fingerprint density at radius 1 is 1.42 bits per heavy atom. The maximum atomic E-state index is 13.0. The van der Waals surface area contributed by atoms with Crippen LogP contribution in [0.3, 0.4) is 0 Å². The second-order valence-electron chi connectivity index (χ2n) is 4.54. The minimum atomic E-state index is -0.566. The average molecular weight is 269 g/mol. The van der Waals surface area contributed by atoms with E-state index in [0.29, 0.717) is 13.0 Å². The molecule has 19 heavy (non-hydrogen) atoms. The molecule has 0 fully saturated rings. The minimum Gasteiger partial charge on any atom is -0.507 e. The van der Waals surface area contributed by atoms with E-state index < -0.39 is 11.7 Å². The highest BCUT2D eigenvalue weighted by molar-refractivity contribution is 5.96. The summed E-state index contributed by atoms with van der Waals surface area (Å²) in [5, 5.41) is 21.1. The Balaban J connectivity index is 2.61. The summed E-state index contributed by atoms with van der Waals surface area (Å²) in [6.45, 7) is 2.51. The summed E-state index contributed by atoms with van der Waals surface area (Å²) < 4.78 is 13.0. The zero-order valence-electron chi connectivity index (χ0n) is 11.0. The molecule has 0 saturated heterocycles. The third-order valence-electron chi connectivity index (χ3n) is 2.99. The zero-order chi connectivity index (χ0) is 14.3. The summed E-state index contributed by atoms with van der Waals surface area (Å²) in [5.41, 5.74) is -0.0701. The van der Waals surface area contributed by atoms with E-state index in [0.717, 1.165) is 31.0 Å². The number of hydrogen-bond acceptors (Lipinski definition) is 3. The number of aliphatic hydroxyl groups excluding tert-OH is 1. The molecule has 106 valence electrons. The quantitative estimate of drug-likeness (QED) is 0.709. The summed E-state index contributed by atoms with van der Waals surface area (Å²) in [4.78, 5) is 11.8. The highest BCUT2D eigenvalue weighted by atomic mass is 19.1. The average Bonchev–Trinajstić information content (AvgIpc) is 2.39. The summed E-state index contributed by atoms with van der Waals surface area (Å²) in [6.07, 6.45) is 2.48. The molecule has 4 nitrogen and oxygen atoms in total. The smallest absolute Gasteiger partial charge is 0.255 e. The van der Waals surface area contributed by atoms with Gasteiger partial charge in [0.25, 0.3) is 5.91 Å². The highest BCUT2D eigenvalue weighted by Crippen LogP contribution is 2.18. The number of phenols is 1. The van der Waals surface area contributed by atoms with Crippen LogP contribution in [0.1, 0.15) is 36.5 Å². The summed E-state index contributed by atoms with van der Waals surface area (Å²) in [7, 11) is 0. The van der Waals surface area contributed by atoms with E-state index in [1.807, 2.05) is 6.92 Å². The summed E-state index contributed by atoms with van der Waals surface area (Å²) in [5.74, 6) is -1.12. The van der Waals surface area contributed by atoms with Crippen LogP contribution in [0.2, 0.25) is 0 Å². The van der Waals surface area contributed by atoms with Gasteiger partial charge in [0.2, 0.25) is 0 Å². The standard InChI is InChI=1S/C14H20FNO3/c1-2-3-10(6-7-17)9-16-14(19)12-8-11(15)4-5-13(12)18/h4-5,8,10,17-18H,2-3,6-7,9H2,1H3,(H,16,19). The first-order chi connectivity index (χ1) is 9.08. The Morgan fingerprint density at radius 2 is 2.16 bits per heavy atom. The van der Waals surface area contributed by atoms with Crippen LogP contribution in [0.5, 0.6) is 5.75 Å². The lowest BCUT2D eigenvalue weighted by molar-refractivity contribution is 0.0939. The van der Waals surface area contributed by atoms with Crippen LogP contribution in [0.15, 0.2) is 18.2 Å². The number of rotatable bonds is 7. The van der Waals surface area contributed by atoms with Crippen molar-refractivity contribution >= 4 is 5.91 Å². The van der Waals surface area contributed by atoms with E-state index in [2.05, 4.69) is 5.32 Å². The van der Waals surface area contributed by atoms with Gasteiger partial charge in [0.05, 0.1) is 5.56 Å². The molecule has 1 aromatic rings. The molecule has 1 rings (SSSR count). The summed E-state index contributed by atoms with van der Waals surface area (Å²) in [6, 6.07) is 3.25. The van der Waals surface area contributed by atoms with Crippen LogP contribution in [-0.2, 0) is 0 Å². The molecule has 0 spiro atoms. The van der Waals surface area contributed by atoms with Gasteiger partial charge in [0, 0.05) is 13.2 Å². The van der Waals surface area contributed by atoms with Gasteiger partial charge in [-0.05, 0) is 37.0 Å². The van der Waals surface area contributed by atoms with Gasteiger partial charge in [0.1, 0.15) is 11.6 Å². The molecule has 0 bridgehead atoms. The van der Waals surface area contributed by atoms with Crippen molar-refractivity contribution in [2.75, 3.05) is 13.2 Å². The Hall–Kier alpha value is -1.62. The Morgan fingerprint density at radius 3 is 2.79 bits per heavy atom. The number of carbonyl (C=O) groups is 1. The predicted octanol–water partition coefficient (Wildman–Crippen LogP) is 2.06. The van der Waals surface area contributed by atoms with Crippen molar-refractivity contribution in [3.05, 3.63) is 29.6 Å². The Labute approximate surface area is 112 Å². The first kappa shape index (κ1) is 15.4. The second kappa shape index (κ2) is 7.74. The molecule has 1 unspecified atom stereocenters. The maximum absolute atomic E-state index is 13.0. The third-order valence-corrected chi connectivity index (χ3v) is 2.99. The lowest BCUT2D eigenvalue weighted by Gasteiger charge is -2.16. The fourth-order valence-electron chi connectivity index (χ4n) is 1.96. The van der Waals surface area contributed by atoms with Crippen molar-refractivity contribution in [1.29, 1.82) is 0 Å². The number of hydrogen-bond donors (Lipinski definition) is 3. The van der Waals surface area contributed by atoms with Crippen LogP contribution in [0.4, 0.5) is 4.39 Å². The molecule has 0 aliphatic rings. The number of benzene rings is 1. The molecular weight excluding hydrogens is 249 g/mol. The fraction of sp³-hybridized carbons (Fsp3) is 0.500. The van der Waals surface area contributed by atoms with Gasteiger partial charge < -0.3 is 15.5 Å². The lowest BCUT2D eigenvalue weighted by Crippen LogP contribution is -2.29. The Bertz CT molecular complexity index is 417. The molecule has 1 aromatic carbocycles. The number of carbonyl (C=O) groups excluding carboxylic acids is 1. The first-order valence-corrected chi connectivity index (χ1v) is 6.46. The van der Waals surface area contributed by atoms with Crippen molar-refractivity contribution in [3.8, 4) is 5.75 Å². The molecule has 0 aromatic heterocycles. The van der Waals surface area contributed by atoms with Crippen LogP contribution >= 0.6 is 0 Å². The van der Waals surface area contributed by atoms with Gasteiger partial charge in [-0.25, -0.2) is 4.39 Å². The summed E-state index contributed by atoms with van der Waals surface area (Å²) >= 11 is 0. The zero-order valence-corrected chi connectivity index (χ0v) is 11.0. The molecule has 0 radical (unpaired) electrons. The van der Waals surface area contributed by atoms with Gasteiger partial charge >= 0.3 is 0 Å². The molecule has 0 heterocycles. The van der Waals surface area contributed by atoms with E-state index in [-0.39, 0.29) is 23.8 Å². The first-order valence-electron chi connectivity index (χ1n) is 6.46. The second-order valence-corrected chi connectivity index (χ2v) is 4.54. The van der Waals surface area contributed by atoms with Gasteiger partial charge in [-0.15, -0.1) is 0 Å². The molecule has 0 aliphatic heterocycles. The van der Waals surface area contributed by atoms with Crippen molar-refractivity contribution in [2.24, 2.45) is 5.92 Å². The topological polar surface area (TPSA) is 69.6 Å². The van der Waals surface area contributed by atoms with Crippen LogP contribution in [0.25, 0.3) is 0 Å². The van der Waals surface area contributed by atoms with E-state index in [1.165, 1.54) is 0 Å². The van der Waals surface area contributed by atoms with Crippen molar-refractivity contribution in [2.45, 2.75) is 26.2 Å². The number of halogens is 1. The van der Waals surface area contributed by atoms with Crippen LogP contribution in [-0.4, -0.2) is 29.3 Å². The van der Waals surface area contributed by atoms with Crippen molar-refractivity contribution < 1.29 is 19.4 Å². The Kier molecular flexibility index (Phi) is 6.29. The van der Waals surface area contributed by atoms with E-state index >= 15 is 0 Å². The largest absolute Gasteiger partial charge is 0.507 e. The maximum Gasteiger partial charge on any atom is 0.255 e. The van der Waals surface area contributed by atoms with Crippen LogP contribution < -0.4 is 5.32 Å². The number of amides is 1. The number of nitrogens with one attached hydrogen (secondary N) is 1. The van der Waals surface area contributed by atoms with E-state index in [9.17, 15) is 14.3 Å². The van der Waals surface area contributed by atoms with Crippen molar-refractivity contribution in [3.63, 3.8) is 0 Å². The normalized spacial score (nSPS) is 12.2. The fourth-order valence-corrected chi connectivity index (χ4v) is 1.96. The predicted molar refractivity (Wildman–Crippen MR) is 70.5 cm³/mol. The monoisotopic (exact) mass is 269 g/mol.